The van der Waals surface area contributed by atoms with E-state index in [-0.39, 0.29) is 11.8 Å². The number of likely N-dealkylation sites (tertiary alicyclic amines) is 1. The molecule has 8 rings (SSSR count). The maximum atomic E-state index is 6.42. The van der Waals surface area contributed by atoms with Gasteiger partial charge in [-0.25, -0.2) is 15.8 Å². The molecule has 1 aliphatic heterocycles. The maximum absolute atomic E-state index is 6.42. The number of piperidine rings is 1. The topological polar surface area (TPSA) is 209 Å². The van der Waals surface area contributed by atoms with Crippen molar-refractivity contribution in [2.75, 3.05) is 60.3 Å². The molecule has 0 bridgehead atoms. The molecular weight excluding hydrogens is 767 g/mol. The third kappa shape index (κ3) is 11.4. The summed E-state index contributed by atoms with van der Waals surface area (Å²) in [6, 6.07) is 43.0. The first-order valence-corrected chi connectivity index (χ1v) is 22.2. The molecule has 1 aliphatic carbocycles. The zero-order chi connectivity index (χ0) is 43.4. The monoisotopic (exact) mass is 832 g/mol. The Morgan fingerprint density at radius 1 is 0.661 bits per heavy atom. The van der Waals surface area contributed by atoms with E-state index in [1.54, 1.807) is 0 Å². The standard InChI is InChI=1S/C26H33N5.C25H32N6/c27-24-18-23(25(28)26(29)30-24)22(21-9-5-2-6-10-21)13-16-31-14-11-20(12-15-31)17-19-7-3-1-4-8-19;1-16-6-8-18(9-7-16)21(22-15-23(26)30-25(31-28)24(22)27)12-13-29-20-11-10-17-4-2-3-5-19(17)14-20/h1-10,18,20,22H,11-17,28H2,(H4,27,29,30);2-9,15,20-21,29H,10-14,27-28H2,1H3,(H3,26,30,31). The van der Waals surface area contributed by atoms with Crippen LogP contribution < -0.4 is 45.3 Å². The third-order valence-electron chi connectivity index (χ3n) is 12.8. The molecular formula is C51H65N11. The largest absolute Gasteiger partial charge is 0.396 e. The molecule has 0 saturated carbocycles. The summed E-state index contributed by atoms with van der Waals surface area (Å²) in [4.78, 5) is 10.9. The van der Waals surface area contributed by atoms with Crippen LogP contribution in [-0.4, -0.2) is 47.1 Å². The van der Waals surface area contributed by atoms with Crippen LogP contribution in [0.25, 0.3) is 0 Å². The molecule has 0 spiro atoms. The summed E-state index contributed by atoms with van der Waals surface area (Å²) in [5.41, 5.74) is 44.5. The molecule has 2 aromatic heterocycles. The summed E-state index contributed by atoms with van der Waals surface area (Å²) in [6.45, 7) is 6.30. The Bertz CT molecular complexity index is 2330. The first-order chi connectivity index (χ1) is 30.1. The Balaban J connectivity index is 0.000000186. The fourth-order valence-electron chi connectivity index (χ4n) is 9.36. The predicted molar refractivity (Wildman–Crippen MR) is 258 cm³/mol. The Morgan fingerprint density at radius 3 is 1.95 bits per heavy atom. The van der Waals surface area contributed by atoms with Crippen molar-refractivity contribution in [2.45, 2.75) is 76.2 Å². The second-order valence-corrected chi connectivity index (χ2v) is 17.1. The second-order valence-electron chi connectivity index (χ2n) is 17.1. The van der Waals surface area contributed by atoms with Crippen LogP contribution in [0.4, 0.5) is 34.6 Å². The van der Waals surface area contributed by atoms with Crippen LogP contribution in [0.1, 0.15) is 88.4 Å². The van der Waals surface area contributed by atoms with Crippen molar-refractivity contribution in [3.63, 3.8) is 0 Å². The molecule has 6 aromatic rings. The van der Waals surface area contributed by atoms with Gasteiger partial charge in [0.05, 0.1) is 11.4 Å². The normalized spacial score (nSPS) is 16.4. The number of nitrogen functional groups attached to an aromatic ring is 6. The lowest BCUT2D eigenvalue weighted by molar-refractivity contribution is 0.180. The number of pyridine rings is 2. The van der Waals surface area contributed by atoms with Gasteiger partial charge in [0.2, 0.25) is 0 Å². The van der Waals surface area contributed by atoms with Crippen LogP contribution in [0.3, 0.4) is 0 Å². The van der Waals surface area contributed by atoms with Gasteiger partial charge in [0.1, 0.15) is 17.5 Å². The Morgan fingerprint density at radius 2 is 1.26 bits per heavy atom. The highest BCUT2D eigenvalue weighted by atomic mass is 15.3. The number of fused-ring (bicyclic) bond motifs is 1. The van der Waals surface area contributed by atoms with E-state index in [0.717, 1.165) is 75.3 Å². The molecule has 4 aromatic carbocycles. The average Bonchev–Trinajstić information content (AvgIpc) is 3.29. The number of hydrazine groups is 1. The quantitative estimate of drug-likeness (QED) is 0.0392. The molecule has 0 amide bonds. The summed E-state index contributed by atoms with van der Waals surface area (Å²) in [5, 5.41) is 3.78. The zero-order valence-corrected chi connectivity index (χ0v) is 36.1. The lowest BCUT2D eigenvalue weighted by Crippen LogP contribution is -2.35. The van der Waals surface area contributed by atoms with Gasteiger partial charge in [-0.05, 0) is 141 Å². The smallest absolute Gasteiger partial charge is 0.165 e. The second kappa shape index (κ2) is 21.1. The highest BCUT2D eigenvalue weighted by Gasteiger charge is 2.25. The van der Waals surface area contributed by atoms with Gasteiger partial charge in [0.15, 0.2) is 5.82 Å². The first kappa shape index (κ1) is 43.9. The molecule has 2 aliphatic rings. The van der Waals surface area contributed by atoms with Crippen LogP contribution in [-0.2, 0) is 19.3 Å². The summed E-state index contributed by atoms with van der Waals surface area (Å²) in [5.74, 6) is 8.21. The molecule has 1 fully saturated rings. The molecule has 3 atom stereocenters. The molecule has 11 nitrogen and oxygen atoms in total. The lowest BCUT2D eigenvalue weighted by Gasteiger charge is -2.33. The first-order valence-electron chi connectivity index (χ1n) is 22.2. The molecule has 0 radical (unpaired) electrons. The number of rotatable bonds is 14. The van der Waals surface area contributed by atoms with Gasteiger partial charge < -0.3 is 44.3 Å². The van der Waals surface area contributed by atoms with Crippen LogP contribution >= 0.6 is 0 Å². The summed E-state index contributed by atoms with van der Waals surface area (Å²) in [6.07, 6.45) is 8.94. The Kier molecular flexibility index (Phi) is 14.9. The van der Waals surface area contributed by atoms with Crippen LogP contribution in [0.2, 0.25) is 0 Å². The van der Waals surface area contributed by atoms with Crippen molar-refractivity contribution in [3.05, 3.63) is 166 Å². The lowest BCUT2D eigenvalue weighted by atomic mass is 9.86. The molecule has 1 saturated heterocycles. The van der Waals surface area contributed by atoms with E-state index in [9.17, 15) is 0 Å². The maximum Gasteiger partial charge on any atom is 0.165 e. The van der Waals surface area contributed by atoms with E-state index < -0.39 is 0 Å². The fraction of sp³-hybridized carbons (Fsp3) is 0.333. The minimum Gasteiger partial charge on any atom is -0.396 e. The van der Waals surface area contributed by atoms with Gasteiger partial charge in [0.25, 0.3) is 0 Å². The molecule has 3 unspecified atom stereocenters. The number of benzene rings is 4. The molecule has 324 valence electrons. The van der Waals surface area contributed by atoms with Crippen LogP contribution in [0, 0.1) is 12.8 Å². The van der Waals surface area contributed by atoms with Crippen molar-refractivity contribution in [2.24, 2.45) is 11.8 Å². The number of aryl methyl sites for hydroxylation is 2. The van der Waals surface area contributed by atoms with Gasteiger partial charge in [-0.15, -0.1) is 0 Å². The zero-order valence-electron chi connectivity index (χ0n) is 36.1. The van der Waals surface area contributed by atoms with Crippen molar-refractivity contribution in [3.8, 4) is 0 Å². The van der Waals surface area contributed by atoms with E-state index in [4.69, 9.17) is 34.5 Å². The number of hydrogen-bond acceptors (Lipinski definition) is 11. The molecule has 14 N–H and O–H groups in total. The molecule has 11 heteroatoms. The highest BCUT2D eigenvalue weighted by Crippen LogP contribution is 2.37. The van der Waals surface area contributed by atoms with Crippen LogP contribution in [0.5, 0.6) is 0 Å². The number of nitrogens with zero attached hydrogens (tertiary/aromatic N) is 3. The minimum absolute atomic E-state index is 0.0985. The van der Waals surface area contributed by atoms with Crippen LogP contribution in [0.15, 0.2) is 121 Å². The summed E-state index contributed by atoms with van der Waals surface area (Å²) >= 11 is 0. The molecule has 62 heavy (non-hydrogen) atoms. The van der Waals surface area contributed by atoms with E-state index in [1.165, 1.54) is 52.6 Å². The van der Waals surface area contributed by atoms with Crippen molar-refractivity contribution < 1.29 is 0 Å². The summed E-state index contributed by atoms with van der Waals surface area (Å²) in [7, 11) is 0. The van der Waals surface area contributed by atoms with Gasteiger partial charge in [-0.2, -0.15) is 0 Å². The third-order valence-corrected chi connectivity index (χ3v) is 12.8. The highest BCUT2D eigenvalue weighted by molar-refractivity contribution is 5.70. The van der Waals surface area contributed by atoms with Crippen molar-refractivity contribution >= 4 is 34.6 Å². The van der Waals surface area contributed by atoms with E-state index in [0.29, 0.717) is 40.7 Å². The number of aromatic nitrogens is 2. The van der Waals surface area contributed by atoms with Gasteiger partial charge in [-0.1, -0.05) is 115 Å². The van der Waals surface area contributed by atoms with E-state index in [1.807, 2.05) is 18.2 Å². The SMILES string of the molecule is Cc1ccc(C(CCNC2CCc3ccccc3C2)c2cc(N)nc(NN)c2N)cc1.Nc1cc(C(CCN2CCC(Cc3ccccc3)CC2)c2ccccc2)c(N)c(N)n1. The van der Waals surface area contributed by atoms with Gasteiger partial charge in [-0.3, -0.25) is 0 Å². The molecule has 3 heterocycles. The number of nitrogens with one attached hydrogen (secondary N) is 2. The van der Waals surface area contributed by atoms with Crippen molar-refractivity contribution in [1.82, 2.24) is 20.2 Å². The predicted octanol–water partition coefficient (Wildman–Crippen LogP) is 7.81. The van der Waals surface area contributed by atoms with E-state index in [2.05, 4.69) is 136 Å². The average molecular weight is 832 g/mol. The van der Waals surface area contributed by atoms with E-state index >= 15 is 0 Å². The Hall–Kier alpha value is -6.14. The number of anilines is 6. The van der Waals surface area contributed by atoms with Crippen molar-refractivity contribution in [1.29, 1.82) is 0 Å². The van der Waals surface area contributed by atoms with Gasteiger partial charge in [0, 0.05) is 17.9 Å². The number of nitrogens with two attached hydrogens (primary N) is 6. The fourth-order valence-corrected chi connectivity index (χ4v) is 9.36. The Labute approximate surface area is 367 Å². The van der Waals surface area contributed by atoms with Gasteiger partial charge >= 0.3 is 0 Å². The number of hydrogen-bond donors (Lipinski definition) is 8. The minimum atomic E-state index is 0.0985. The summed E-state index contributed by atoms with van der Waals surface area (Å²) < 4.78 is 0.